The zero-order valence-corrected chi connectivity index (χ0v) is 13.0. The number of hydrogen-bond acceptors (Lipinski definition) is 4. The van der Waals surface area contributed by atoms with Crippen LogP contribution in [0.3, 0.4) is 0 Å². The molecule has 0 N–H and O–H groups in total. The van der Waals surface area contributed by atoms with Crippen LogP contribution in [0.4, 0.5) is 4.79 Å². The molecule has 3 rings (SSSR count). The monoisotopic (exact) mass is 292 g/mol. The van der Waals surface area contributed by atoms with E-state index in [-0.39, 0.29) is 0 Å². The van der Waals surface area contributed by atoms with Gasteiger partial charge in [-0.05, 0) is 64.2 Å². The van der Waals surface area contributed by atoms with Gasteiger partial charge in [0.2, 0.25) is 5.88 Å². The third-order valence-corrected chi connectivity index (χ3v) is 4.02. The summed E-state index contributed by atoms with van der Waals surface area (Å²) >= 11 is 0. The van der Waals surface area contributed by atoms with Gasteiger partial charge in [-0.2, -0.15) is 4.68 Å². The van der Waals surface area contributed by atoms with E-state index in [2.05, 4.69) is 5.10 Å². The highest BCUT2D eigenvalue weighted by atomic mass is 16.6. The SMILES string of the molecule is CC(C)(C)OC(=O)n1ccc(OCC(C2CC2)C2CC2)n1. The van der Waals surface area contributed by atoms with Gasteiger partial charge in [0, 0.05) is 12.3 Å². The topological polar surface area (TPSA) is 53.4 Å². The zero-order chi connectivity index (χ0) is 15.0. The molecule has 21 heavy (non-hydrogen) atoms. The maximum Gasteiger partial charge on any atom is 0.435 e. The predicted molar refractivity (Wildman–Crippen MR) is 78.3 cm³/mol. The number of carbonyl (C=O) groups excluding carboxylic acids is 1. The molecule has 1 aromatic heterocycles. The van der Waals surface area contributed by atoms with Crippen LogP contribution in [-0.2, 0) is 4.74 Å². The number of rotatable bonds is 5. The van der Waals surface area contributed by atoms with Crippen molar-refractivity contribution in [1.82, 2.24) is 9.78 Å². The molecule has 0 saturated heterocycles. The van der Waals surface area contributed by atoms with Crippen molar-refractivity contribution >= 4 is 6.09 Å². The van der Waals surface area contributed by atoms with Crippen LogP contribution in [0.5, 0.6) is 5.88 Å². The van der Waals surface area contributed by atoms with Crippen molar-refractivity contribution < 1.29 is 14.3 Å². The fourth-order valence-corrected chi connectivity index (χ4v) is 2.68. The van der Waals surface area contributed by atoms with E-state index in [4.69, 9.17) is 9.47 Å². The second kappa shape index (κ2) is 5.35. The van der Waals surface area contributed by atoms with Gasteiger partial charge in [0.05, 0.1) is 6.61 Å². The quantitative estimate of drug-likeness (QED) is 0.833. The molecule has 0 radical (unpaired) electrons. The molecule has 0 aromatic carbocycles. The summed E-state index contributed by atoms with van der Waals surface area (Å²) < 4.78 is 12.3. The molecular weight excluding hydrogens is 268 g/mol. The van der Waals surface area contributed by atoms with Crippen LogP contribution in [0, 0.1) is 17.8 Å². The Morgan fingerprint density at radius 1 is 1.33 bits per heavy atom. The zero-order valence-electron chi connectivity index (χ0n) is 13.0. The lowest BCUT2D eigenvalue weighted by molar-refractivity contribution is 0.0511. The normalized spacial score (nSPS) is 18.9. The number of hydrogen-bond donors (Lipinski definition) is 0. The number of aromatic nitrogens is 2. The lowest BCUT2D eigenvalue weighted by atomic mass is 9.99. The van der Waals surface area contributed by atoms with Crippen molar-refractivity contribution in [2.45, 2.75) is 52.1 Å². The van der Waals surface area contributed by atoms with E-state index in [0.29, 0.717) is 11.8 Å². The first-order valence-corrected chi connectivity index (χ1v) is 7.84. The standard InChI is InChI=1S/C16H24N2O3/c1-16(2,3)21-15(19)18-9-8-14(17-18)20-10-13(11-4-5-11)12-6-7-12/h8-9,11-13H,4-7,10H2,1-3H3. The number of nitrogens with zero attached hydrogens (tertiary/aromatic N) is 2. The first-order chi connectivity index (χ1) is 9.92. The second-order valence-electron chi connectivity index (χ2n) is 7.23. The van der Waals surface area contributed by atoms with Crippen LogP contribution in [-0.4, -0.2) is 28.1 Å². The van der Waals surface area contributed by atoms with Crippen molar-refractivity contribution in [3.05, 3.63) is 12.3 Å². The van der Waals surface area contributed by atoms with Gasteiger partial charge in [-0.25, -0.2) is 4.79 Å². The third-order valence-electron chi connectivity index (χ3n) is 4.02. The molecule has 1 heterocycles. The Morgan fingerprint density at radius 2 is 1.95 bits per heavy atom. The Labute approximate surface area is 125 Å². The van der Waals surface area contributed by atoms with Crippen molar-refractivity contribution in [2.75, 3.05) is 6.61 Å². The lowest BCUT2D eigenvalue weighted by Crippen LogP contribution is -2.27. The minimum absolute atomic E-state index is 0.474. The maximum atomic E-state index is 11.9. The van der Waals surface area contributed by atoms with Gasteiger partial charge in [-0.3, -0.25) is 0 Å². The highest BCUT2D eigenvalue weighted by Gasteiger charge is 2.41. The van der Waals surface area contributed by atoms with Crippen LogP contribution in [0.15, 0.2) is 12.3 Å². The molecular formula is C16H24N2O3. The Balaban J connectivity index is 1.53. The lowest BCUT2D eigenvalue weighted by Gasteiger charge is -2.18. The molecule has 116 valence electrons. The van der Waals surface area contributed by atoms with Crippen molar-refractivity contribution in [1.29, 1.82) is 0 Å². The van der Waals surface area contributed by atoms with Gasteiger partial charge >= 0.3 is 6.09 Å². The summed E-state index contributed by atoms with van der Waals surface area (Å²) in [5, 5.41) is 4.15. The summed E-state index contributed by atoms with van der Waals surface area (Å²) in [4.78, 5) is 11.9. The van der Waals surface area contributed by atoms with Gasteiger partial charge in [-0.1, -0.05) is 0 Å². The van der Waals surface area contributed by atoms with E-state index in [9.17, 15) is 4.79 Å². The Morgan fingerprint density at radius 3 is 2.48 bits per heavy atom. The summed E-state index contributed by atoms with van der Waals surface area (Å²) in [5.74, 6) is 2.89. The maximum absolute atomic E-state index is 11.9. The molecule has 2 saturated carbocycles. The van der Waals surface area contributed by atoms with E-state index in [1.807, 2.05) is 20.8 Å². The van der Waals surface area contributed by atoms with Gasteiger partial charge in [0.25, 0.3) is 0 Å². The molecule has 5 heteroatoms. The van der Waals surface area contributed by atoms with Crippen molar-refractivity contribution in [2.24, 2.45) is 17.8 Å². The minimum Gasteiger partial charge on any atom is -0.476 e. The minimum atomic E-state index is -0.521. The van der Waals surface area contributed by atoms with Crippen molar-refractivity contribution in [3.63, 3.8) is 0 Å². The fraction of sp³-hybridized carbons (Fsp3) is 0.750. The molecule has 0 atom stereocenters. The summed E-state index contributed by atoms with van der Waals surface area (Å²) in [6, 6.07) is 1.72. The Kier molecular flexibility index (Phi) is 3.68. The molecule has 2 aliphatic rings. The number of carbonyl (C=O) groups is 1. The van der Waals surface area contributed by atoms with Crippen LogP contribution in [0.25, 0.3) is 0 Å². The molecule has 0 bridgehead atoms. The predicted octanol–water partition coefficient (Wildman–Crippen LogP) is 3.48. The highest BCUT2D eigenvalue weighted by molar-refractivity contribution is 5.69. The third kappa shape index (κ3) is 3.99. The van der Waals surface area contributed by atoms with E-state index in [0.717, 1.165) is 18.4 Å². The molecule has 1 aromatic rings. The molecule has 0 amide bonds. The number of ether oxygens (including phenoxy) is 2. The second-order valence-corrected chi connectivity index (χ2v) is 7.23. The van der Waals surface area contributed by atoms with Crippen LogP contribution >= 0.6 is 0 Å². The first-order valence-electron chi connectivity index (χ1n) is 7.84. The van der Waals surface area contributed by atoms with Crippen LogP contribution in [0.1, 0.15) is 46.5 Å². The summed E-state index contributed by atoms with van der Waals surface area (Å²) in [7, 11) is 0. The Hall–Kier alpha value is -1.52. The van der Waals surface area contributed by atoms with Crippen LogP contribution < -0.4 is 4.74 Å². The summed E-state index contributed by atoms with van der Waals surface area (Å²) in [5.41, 5.74) is -0.521. The summed E-state index contributed by atoms with van der Waals surface area (Å²) in [6.07, 6.45) is 6.49. The smallest absolute Gasteiger partial charge is 0.435 e. The molecule has 5 nitrogen and oxygen atoms in total. The van der Waals surface area contributed by atoms with Crippen LogP contribution in [0.2, 0.25) is 0 Å². The molecule has 2 fully saturated rings. The van der Waals surface area contributed by atoms with Gasteiger partial charge in [-0.15, -0.1) is 5.10 Å². The van der Waals surface area contributed by atoms with Gasteiger partial charge in [0.1, 0.15) is 5.60 Å². The highest BCUT2D eigenvalue weighted by Crippen LogP contribution is 2.49. The average Bonchev–Trinajstić information content (AvgIpc) is 3.28. The molecule has 0 unspecified atom stereocenters. The van der Waals surface area contributed by atoms with E-state index in [1.165, 1.54) is 30.4 Å². The summed E-state index contributed by atoms with van der Waals surface area (Å²) in [6.45, 7) is 6.23. The average molecular weight is 292 g/mol. The van der Waals surface area contributed by atoms with E-state index >= 15 is 0 Å². The Bertz CT molecular complexity index is 498. The largest absolute Gasteiger partial charge is 0.476 e. The van der Waals surface area contributed by atoms with Gasteiger partial charge < -0.3 is 9.47 Å². The molecule has 2 aliphatic carbocycles. The first kappa shape index (κ1) is 14.4. The van der Waals surface area contributed by atoms with Crippen molar-refractivity contribution in [3.8, 4) is 5.88 Å². The van der Waals surface area contributed by atoms with E-state index < -0.39 is 11.7 Å². The molecule has 0 spiro atoms. The van der Waals surface area contributed by atoms with E-state index in [1.54, 1.807) is 12.3 Å². The fourth-order valence-electron chi connectivity index (χ4n) is 2.68. The van der Waals surface area contributed by atoms with Gasteiger partial charge in [0.15, 0.2) is 0 Å². The molecule has 0 aliphatic heterocycles.